The molecule has 0 aliphatic heterocycles. The van der Waals surface area contributed by atoms with Crippen LogP contribution in [0.25, 0.3) is 0 Å². The number of phenolic OH excluding ortho intramolecular Hbond substituents is 1. The van der Waals surface area contributed by atoms with Crippen LogP contribution in [-0.4, -0.2) is 85.2 Å². The highest BCUT2D eigenvalue weighted by molar-refractivity contribution is 6.34. The number of hydrogen-bond donors (Lipinski definition) is 7. The molecule has 204 valence electrons. The van der Waals surface area contributed by atoms with Gasteiger partial charge in [-0.05, 0) is 24.3 Å². The molecule has 0 unspecified atom stereocenters. The molecular formula is C25H34Cl2N4O6. The summed E-state index contributed by atoms with van der Waals surface area (Å²) in [6.45, 7) is 4.44. The van der Waals surface area contributed by atoms with Crippen molar-refractivity contribution in [3.05, 3.63) is 52.1 Å². The molecule has 0 saturated heterocycles. The average Bonchev–Trinajstić information content (AvgIpc) is 2.86. The number of phenols is 1. The fourth-order valence-electron chi connectivity index (χ4n) is 4.08. The first-order chi connectivity index (χ1) is 17.0. The van der Waals surface area contributed by atoms with E-state index in [1.807, 2.05) is 0 Å². The third kappa shape index (κ3) is 7.19. The second-order valence-electron chi connectivity index (χ2n) is 8.03. The summed E-state index contributed by atoms with van der Waals surface area (Å²) in [4.78, 5) is 40.1. The summed E-state index contributed by atoms with van der Waals surface area (Å²) in [5, 5.41) is 40.8. The van der Waals surface area contributed by atoms with Crippen molar-refractivity contribution in [2.75, 3.05) is 63.1 Å². The number of nitrogens with one attached hydrogen (secondary N) is 4. The summed E-state index contributed by atoms with van der Waals surface area (Å²) < 4.78 is 0. The van der Waals surface area contributed by atoms with E-state index in [1.54, 1.807) is 19.1 Å². The quantitative estimate of drug-likeness (QED) is 0.115. The van der Waals surface area contributed by atoms with Crippen LogP contribution < -0.4 is 21.3 Å². The monoisotopic (exact) mass is 556 g/mol. The van der Waals surface area contributed by atoms with Crippen molar-refractivity contribution in [3.63, 3.8) is 0 Å². The topological polar surface area (TPSA) is 160 Å². The number of Topliss-reactive ketones (excluding diaryl/α,β-unsaturated/α-hetero) is 1. The predicted molar refractivity (Wildman–Crippen MR) is 147 cm³/mol. The van der Waals surface area contributed by atoms with Gasteiger partial charge in [0, 0.05) is 68.2 Å². The molecule has 3 rings (SSSR count). The smallest absolute Gasteiger partial charge is 0.200 e. The van der Waals surface area contributed by atoms with Crippen molar-refractivity contribution in [2.24, 2.45) is 0 Å². The van der Waals surface area contributed by atoms with E-state index in [0.717, 1.165) is 0 Å². The van der Waals surface area contributed by atoms with Crippen molar-refractivity contribution in [2.45, 2.75) is 13.3 Å². The van der Waals surface area contributed by atoms with E-state index in [9.17, 15) is 19.5 Å². The fourth-order valence-corrected chi connectivity index (χ4v) is 4.08. The third-order valence-corrected chi connectivity index (χ3v) is 5.73. The van der Waals surface area contributed by atoms with Gasteiger partial charge in [0.15, 0.2) is 17.3 Å². The lowest BCUT2D eigenvalue weighted by molar-refractivity contribution is 0.0958. The minimum absolute atomic E-state index is 0. The molecule has 0 atom stereocenters. The largest absolute Gasteiger partial charge is 0.507 e. The van der Waals surface area contributed by atoms with Gasteiger partial charge in [0.2, 0.25) is 0 Å². The van der Waals surface area contributed by atoms with Crippen LogP contribution in [0, 0.1) is 0 Å². The summed E-state index contributed by atoms with van der Waals surface area (Å²) in [7, 11) is 0. The number of fused-ring (bicyclic) bond motifs is 2. The molecule has 0 fully saturated rings. The number of benzene rings is 2. The number of halogens is 2. The van der Waals surface area contributed by atoms with Gasteiger partial charge in [-0.15, -0.1) is 24.8 Å². The Balaban J connectivity index is 0.00000342. The Hall–Kier alpha value is -2.73. The molecule has 0 amide bonds. The van der Waals surface area contributed by atoms with Gasteiger partial charge in [0.25, 0.3) is 0 Å². The molecule has 37 heavy (non-hydrogen) atoms. The van der Waals surface area contributed by atoms with Crippen LogP contribution in [0.1, 0.15) is 55.5 Å². The molecule has 0 heterocycles. The highest BCUT2D eigenvalue weighted by atomic mass is 35.5. The Morgan fingerprint density at radius 3 is 1.65 bits per heavy atom. The number of aliphatic hydroxyl groups excluding tert-OH is 2. The van der Waals surface area contributed by atoms with E-state index >= 15 is 0 Å². The van der Waals surface area contributed by atoms with E-state index in [4.69, 9.17) is 10.2 Å². The number of ketones is 3. The molecule has 0 spiro atoms. The lowest BCUT2D eigenvalue weighted by Gasteiger charge is -2.25. The molecule has 0 aromatic heterocycles. The van der Waals surface area contributed by atoms with Crippen molar-refractivity contribution < 1.29 is 29.7 Å². The highest BCUT2D eigenvalue weighted by Gasteiger charge is 2.38. The molecule has 10 nitrogen and oxygen atoms in total. The van der Waals surface area contributed by atoms with Crippen LogP contribution in [0.5, 0.6) is 5.75 Å². The number of aromatic hydroxyl groups is 1. The Morgan fingerprint density at radius 1 is 0.703 bits per heavy atom. The first kappa shape index (κ1) is 32.3. The van der Waals surface area contributed by atoms with Crippen molar-refractivity contribution in [1.82, 2.24) is 10.6 Å². The SMILES string of the molecule is CCC(=O)c1ccc(O)c2c1C(=O)c1c(NCCNCCO)ccc(NCCNCCO)c1C2=O.Cl.Cl. The maximum Gasteiger partial charge on any atom is 0.200 e. The molecule has 7 N–H and O–H groups in total. The van der Waals surface area contributed by atoms with Gasteiger partial charge in [-0.1, -0.05) is 6.92 Å². The second kappa shape index (κ2) is 15.5. The number of carbonyl (C=O) groups is 3. The van der Waals surface area contributed by atoms with Crippen LogP contribution in [0.3, 0.4) is 0 Å². The van der Waals surface area contributed by atoms with E-state index in [0.29, 0.717) is 50.6 Å². The van der Waals surface area contributed by atoms with Gasteiger partial charge in [0.05, 0.1) is 29.9 Å². The van der Waals surface area contributed by atoms with Gasteiger partial charge in [0.1, 0.15) is 5.75 Å². The summed E-state index contributed by atoms with van der Waals surface area (Å²) in [6.07, 6.45) is 0.148. The number of aliphatic hydroxyl groups is 2. The Kier molecular flexibility index (Phi) is 13.5. The first-order valence-electron chi connectivity index (χ1n) is 11.7. The fraction of sp³-hybridized carbons (Fsp3) is 0.400. The van der Waals surface area contributed by atoms with Gasteiger partial charge in [-0.2, -0.15) is 0 Å². The number of anilines is 2. The standard InChI is InChI=1S/C25H32N4O6.2ClH/c1-2-18(32)15-3-6-19(33)23-20(15)24(34)21-16(28-9-7-26-11-13-30)4-5-17(22(21)25(23)35)29-10-8-27-12-14-31;;/h3-6,26-31,33H,2,7-14H2,1H3;2*1H. The van der Waals surface area contributed by atoms with Crippen molar-refractivity contribution in [1.29, 1.82) is 0 Å². The predicted octanol–water partition coefficient (Wildman–Crippen LogP) is 1.59. The van der Waals surface area contributed by atoms with Crippen LogP contribution in [0.15, 0.2) is 24.3 Å². The summed E-state index contributed by atoms with van der Waals surface area (Å²) in [6, 6.07) is 6.06. The third-order valence-electron chi connectivity index (χ3n) is 5.73. The summed E-state index contributed by atoms with van der Waals surface area (Å²) >= 11 is 0. The minimum Gasteiger partial charge on any atom is -0.507 e. The van der Waals surface area contributed by atoms with Crippen LogP contribution in [-0.2, 0) is 0 Å². The van der Waals surface area contributed by atoms with E-state index < -0.39 is 11.6 Å². The van der Waals surface area contributed by atoms with E-state index in [1.165, 1.54) is 12.1 Å². The Bertz CT molecular complexity index is 1110. The highest BCUT2D eigenvalue weighted by Crippen LogP contribution is 2.40. The minimum atomic E-state index is -0.536. The zero-order valence-corrected chi connectivity index (χ0v) is 22.2. The Labute approximate surface area is 228 Å². The maximum atomic E-state index is 13.8. The van der Waals surface area contributed by atoms with Gasteiger partial charge < -0.3 is 36.6 Å². The normalized spacial score (nSPS) is 11.6. The van der Waals surface area contributed by atoms with Crippen molar-refractivity contribution in [3.8, 4) is 5.75 Å². The van der Waals surface area contributed by atoms with Gasteiger partial charge >= 0.3 is 0 Å². The molecule has 1 aliphatic carbocycles. The lowest BCUT2D eigenvalue weighted by Crippen LogP contribution is -2.29. The molecule has 0 bridgehead atoms. The number of hydrogen-bond acceptors (Lipinski definition) is 10. The lowest BCUT2D eigenvalue weighted by atomic mass is 9.79. The van der Waals surface area contributed by atoms with Crippen LogP contribution >= 0.6 is 24.8 Å². The maximum absolute atomic E-state index is 13.8. The first-order valence-corrected chi connectivity index (χ1v) is 11.7. The molecule has 0 saturated carbocycles. The zero-order valence-electron chi connectivity index (χ0n) is 20.6. The molecule has 2 aromatic carbocycles. The molecule has 12 heteroatoms. The van der Waals surface area contributed by atoms with E-state index in [-0.39, 0.29) is 83.8 Å². The van der Waals surface area contributed by atoms with Crippen molar-refractivity contribution >= 4 is 53.5 Å². The second-order valence-corrected chi connectivity index (χ2v) is 8.03. The van der Waals surface area contributed by atoms with Gasteiger partial charge in [-0.25, -0.2) is 0 Å². The molecular weight excluding hydrogens is 523 g/mol. The molecule has 2 aromatic rings. The zero-order chi connectivity index (χ0) is 25.4. The summed E-state index contributed by atoms with van der Waals surface area (Å²) in [5.74, 6) is -1.68. The molecule has 0 radical (unpaired) electrons. The number of rotatable bonds is 14. The Morgan fingerprint density at radius 2 is 1.19 bits per heavy atom. The average molecular weight is 557 g/mol. The number of carbonyl (C=O) groups excluding carboxylic acids is 3. The summed E-state index contributed by atoms with van der Waals surface area (Å²) in [5.41, 5.74) is 1.04. The molecule has 1 aliphatic rings. The van der Waals surface area contributed by atoms with Crippen LogP contribution in [0.2, 0.25) is 0 Å². The van der Waals surface area contributed by atoms with E-state index in [2.05, 4.69) is 21.3 Å². The van der Waals surface area contributed by atoms with Gasteiger partial charge in [-0.3, -0.25) is 14.4 Å². The van der Waals surface area contributed by atoms with Crippen LogP contribution in [0.4, 0.5) is 11.4 Å².